The van der Waals surface area contributed by atoms with Gasteiger partial charge in [0.15, 0.2) is 0 Å². The van der Waals surface area contributed by atoms with E-state index in [1.165, 1.54) is 7.11 Å². The summed E-state index contributed by atoms with van der Waals surface area (Å²) in [6.45, 7) is 4.89. The molecule has 1 aliphatic heterocycles. The second-order valence-corrected chi connectivity index (χ2v) is 4.37. The lowest BCUT2D eigenvalue weighted by atomic mass is 10.2. The fourth-order valence-electron chi connectivity index (χ4n) is 1.87. The molecule has 0 spiro atoms. The largest absolute Gasteiger partial charge is 0.467 e. The maximum atomic E-state index is 5.34. The standard InChI is InChI=1S/C10H19N7O/c1-7-6-17(5-4-16(7)2)9-12-8(15-11)13-10(14-9)18-3/h7H,4-6,11H2,1-3H3,(H,12,13,14,15). The lowest BCUT2D eigenvalue weighted by Gasteiger charge is -2.37. The average Bonchev–Trinajstić information content (AvgIpc) is 2.41. The number of rotatable bonds is 3. The monoisotopic (exact) mass is 253 g/mol. The Hall–Kier alpha value is -1.67. The van der Waals surface area contributed by atoms with Gasteiger partial charge < -0.3 is 14.5 Å². The van der Waals surface area contributed by atoms with Crippen molar-refractivity contribution in [2.24, 2.45) is 5.84 Å². The lowest BCUT2D eigenvalue weighted by molar-refractivity contribution is 0.232. The predicted octanol–water partition coefficient (Wildman–Crippen LogP) is -0.694. The summed E-state index contributed by atoms with van der Waals surface area (Å²) in [4.78, 5) is 16.9. The number of aromatic nitrogens is 3. The van der Waals surface area contributed by atoms with E-state index in [1.54, 1.807) is 0 Å². The Morgan fingerprint density at radius 3 is 2.72 bits per heavy atom. The minimum atomic E-state index is 0.263. The second-order valence-electron chi connectivity index (χ2n) is 4.37. The highest BCUT2D eigenvalue weighted by atomic mass is 16.5. The molecule has 1 unspecified atom stereocenters. The number of methoxy groups -OCH3 is 1. The minimum Gasteiger partial charge on any atom is -0.467 e. The molecule has 0 saturated carbocycles. The summed E-state index contributed by atoms with van der Waals surface area (Å²) in [5.74, 6) is 6.24. The number of nitrogen functional groups attached to an aromatic ring is 1. The number of hydrazine groups is 1. The van der Waals surface area contributed by atoms with Gasteiger partial charge in [0.2, 0.25) is 11.9 Å². The summed E-state index contributed by atoms with van der Waals surface area (Å²) >= 11 is 0. The van der Waals surface area contributed by atoms with Crippen LogP contribution in [0.1, 0.15) is 6.92 Å². The Labute approximate surface area is 106 Å². The topological polar surface area (TPSA) is 92.4 Å². The van der Waals surface area contributed by atoms with Gasteiger partial charge in [0.05, 0.1) is 7.11 Å². The number of piperazine rings is 1. The Morgan fingerprint density at radius 2 is 2.11 bits per heavy atom. The summed E-state index contributed by atoms with van der Waals surface area (Å²) in [6, 6.07) is 0.718. The van der Waals surface area contributed by atoms with Gasteiger partial charge >= 0.3 is 6.01 Å². The van der Waals surface area contributed by atoms with Crippen molar-refractivity contribution in [3.05, 3.63) is 0 Å². The molecule has 1 aromatic heterocycles. The molecule has 2 heterocycles. The highest BCUT2D eigenvalue weighted by molar-refractivity contribution is 5.38. The molecule has 1 aliphatic rings. The van der Waals surface area contributed by atoms with E-state index >= 15 is 0 Å². The van der Waals surface area contributed by atoms with Crippen LogP contribution < -0.4 is 20.9 Å². The van der Waals surface area contributed by atoms with Gasteiger partial charge in [0, 0.05) is 25.7 Å². The maximum Gasteiger partial charge on any atom is 0.322 e. The first kappa shape index (κ1) is 12.8. The third-order valence-electron chi connectivity index (χ3n) is 3.16. The van der Waals surface area contributed by atoms with E-state index < -0.39 is 0 Å². The van der Waals surface area contributed by atoms with E-state index in [-0.39, 0.29) is 6.01 Å². The van der Waals surface area contributed by atoms with Crippen LogP contribution in [0.4, 0.5) is 11.9 Å². The first-order valence-electron chi connectivity index (χ1n) is 5.86. The average molecular weight is 253 g/mol. The van der Waals surface area contributed by atoms with Crippen LogP contribution in [0.2, 0.25) is 0 Å². The van der Waals surface area contributed by atoms with Crippen molar-refractivity contribution in [3.63, 3.8) is 0 Å². The number of hydrogen-bond acceptors (Lipinski definition) is 8. The van der Waals surface area contributed by atoms with Crippen LogP contribution in [0.15, 0.2) is 0 Å². The first-order chi connectivity index (χ1) is 8.63. The van der Waals surface area contributed by atoms with E-state index in [2.05, 4.69) is 44.1 Å². The molecule has 3 N–H and O–H groups in total. The van der Waals surface area contributed by atoms with Crippen LogP contribution in [-0.2, 0) is 0 Å². The van der Waals surface area contributed by atoms with Crippen molar-refractivity contribution in [3.8, 4) is 6.01 Å². The summed E-state index contributed by atoms with van der Waals surface area (Å²) in [6.07, 6.45) is 0. The zero-order chi connectivity index (χ0) is 13.1. The van der Waals surface area contributed by atoms with Gasteiger partial charge in [0.25, 0.3) is 0 Å². The first-order valence-corrected chi connectivity index (χ1v) is 5.86. The third kappa shape index (κ3) is 2.59. The van der Waals surface area contributed by atoms with Gasteiger partial charge in [-0.25, -0.2) is 5.84 Å². The van der Waals surface area contributed by atoms with E-state index in [4.69, 9.17) is 10.6 Å². The molecule has 0 aliphatic carbocycles. The van der Waals surface area contributed by atoms with Crippen molar-refractivity contribution in [1.82, 2.24) is 19.9 Å². The van der Waals surface area contributed by atoms with Crippen LogP contribution >= 0.6 is 0 Å². The number of ether oxygens (including phenoxy) is 1. The van der Waals surface area contributed by atoms with Crippen LogP contribution in [-0.4, -0.2) is 59.7 Å². The van der Waals surface area contributed by atoms with Crippen LogP contribution in [0.3, 0.4) is 0 Å². The van der Waals surface area contributed by atoms with Crippen molar-refractivity contribution in [1.29, 1.82) is 0 Å². The fraction of sp³-hybridized carbons (Fsp3) is 0.700. The van der Waals surface area contributed by atoms with Crippen molar-refractivity contribution in [2.45, 2.75) is 13.0 Å². The number of nitrogens with zero attached hydrogens (tertiary/aromatic N) is 5. The molecule has 1 atom stereocenters. The molecular weight excluding hydrogens is 234 g/mol. The Kier molecular flexibility index (Phi) is 3.78. The Morgan fingerprint density at radius 1 is 1.33 bits per heavy atom. The van der Waals surface area contributed by atoms with Gasteiger partial charge in [0.1, 0.15) is 0 Å². The number of nitrogens with one attached hydrogen (secondary N) is 1. The summed E-state index contributed by atoms with van der Waals surface area (Å²) in [7, 11) is 3.63. The smallest absolute Gasteiger partial charge is 0.322 e. The van der Waals surface area contributed by atoms with E-state index in [0.717, 1.165) is 19.6 Å². The number of likely N-dealkylation sites (N-methyl/N-ethyl adjacent to an activating group) is 1. The SMILES string of the molecule is COc1nc(NN)nc(N2CCN(C)C(C)C2)n1. The van der Waals surface area contributed by atoms with Crippen LogP contribution in [0, 0.1) is 0 Å². The van der Waals surface area contributed by atoms with Crippen LogP contribution in [0.5, 0.6) is 6.01 Å². The Bertz CT molecular complexity index is 391. The Balaban J connectivity index is 2.22. The highest BCUT2D eigenvalue weighted by Gasteiger charge is 2.23. The molecule has 0 bridgehead atoms. The molecule has 8 heteroatoms. The number of nitrogens with two attached hydrogens (primary N) is 1. The quantitative estimate of drug-likeness (QED) is 0.540. The van der Waals surface area contributed by atoms with E-state index in [1.807, 2.05) is 0 Å². The van der Waals surface area contributed by atoms with Gasteiger partial charge in [-0.2, -0.15) is 15.0 Å². The zero-order valence-electron chi connectivity index (χ0n) is 10.9. The number of anilines is 2. The van der Waals surface area contributed by atoms with Gasteiger partial charge in [-0.05, 0) is 14.0 Å². The molecule has 18 heavy (non-hydrogen) atoms. The molecular formula is C10H19N7O. The van der Waals surface area contributed by atoms with Crippen molar-refractivity contribution >= 4 is 11.9 Å². The molecule has 0 amide bonds. The molecule has 8 nitrogen and oxygen atoms in total. The fourth-order valence-corrected chi connectivity index (χ4v) is 1.87. The zero-order valence-corrected chi connectivity index (χ0v) is 10.9. The summed E-state index contributed by atoms with van der Waals surface area (Å²) in [5.41, 5.74) is 2.42. The van der Waals surface area contributed by atoms with Gasteiger partial charge in [-0.15, -0.1) is 0 Å². The molecule has 100 valence electrons. The number of hydrogen-bond donors (Lipinski definition) is 2. The predicted molar refractivity (Wildman–Crippen MR) is 68.5 cm³/mol. The van der Waals surface area contributed by atoms with Gasteiger partial charge in [-0.1, -0.05) is 0 Å². The molecule has 0 radical (unpaired) electrons. The lowest BCUT2D eigenvalue weighted by Crippen LogP contribution is -2.50. The van der Waals surface area contributed by atoms with Crippen LogP contribution in [0.25, 0.3) is 0 Å². The molecule has 1 saturated heterocycles. The minimum absolute atomic E-state index is 0.263. The molecule has 0 aromatic carbocycles. The summed E-state index contributed by atoms with van der Waals surface area (Å²) in [5, 5.41) is 0. The van der Waals surface area contributed by atoms with Gasteiger partial charge in [-0.3, -0.25) is 5.43 Å². The van der Waals surface area contributed by atoms with E-state index in [9.17, 15) is 0 Å². The molecule has 1 fully saturated rings. The summed E-state index contributed by atoms with van der Waals surface area (Å²) < 4.78 is 5.04. The van der Waals surface area contributed by atoms with Crippen molar-refractivity contribution in [2.75, 3.05) is 44.1 Å². The maximum absolute atomic E-state index is 5.34. The van der Waals surface area contributed by atoms with Crippen molar-refractivity contribution < 1.29 is 4.74 Å². The second kappa shape index (κ2) is 5.32. The normalized spacial score (nSPS) is 20.9. The molecule has 2 rings (SSSR count). The highest BCUT2D eigenvalue weighted by Crippen LogP contribution is 2.17. The van der Waals surface area contributed by atoms with E-state index in [0.29, 0.717) is 17.9 Å². The molecule has 1 aromatic rings. The third-order valence-corrected chi connectivity index (χ3v) is 3.16.